The van der Waals surface area contributed by atoms with Crippen LogP contribution in [-0.2, 0) is 10.0 Å². The lowest BCUT2D eigenvalue weighted by Crippen LogP contribution is -2.29. The predicted octanol–water partition coefficient (Wildman–Crippen LogP) is 2.36. The summed E-state index contributed by atoms with van der Waals surface area (Å²) in [7, 11) is -3.49. The number of nitrogens with one attached hydrogen (secondary N) is 1. The van der Waals surface area contributed by atoms with Gasteiger partial charge < -0.3 is 5.73 Å². The van der Waals surface area contributed by atoms with Crippen molar-refractivity contribution in [3.05, 3.63) is 22.7 Å². The maximum absolute atomic E-state index is 12.2. The van der Waals surface area contributed by atoms with E-state index in [0.717, 1.165) is 0 Å². The molecule has 1 fully saturated rings. The first kappa shape index (κ1) is 13.8. The molecule has 1 aliphatic carbocycles. The van der Waals surface area contributed by atoms with Crippen molar-refractivity contribution in [2.24, 2.45) is 11.8 Å². The fraction of sp³-hybridized carbons (Fsp3) is 0.500. The van der Waals surface area contributed by atoms with E-state index < -0.39 is 10.0 Å². The Morgan fingerprint density at radius 1 is 1.50 bits per heavy atom. The van der Waals surface area contributed by atoms with E-state index >= 15 is 0 Å². The lowest BCUT2D eigenvalue weighted by atomic mass is 10.1. The van der Waals surface area contributed by atoms with Crippen LogP contribution in [0.3, 0.4) is 0 Å². The first-order valence-corrected chi connectivity index (χ1v) is 8.22. The number of rotatable bonds is 5. The number of benzene rings is 1. The Bertz CT molecular complexity index is 541. The molecule has 0 amide bonds. The Balaban J connectivity index is 2.11. The lowest BCUT2D eigenvalue weighted by molar-refractivity contribution is 0.491. The van der Waals surface area contributed by atoms with Gasteiger partial charge in [-0.25, -0.2) is 13.1 Å². The zero-order valence-corrected chi connectivity index (χ0v) is 12.6. The third-order valence-corrected chi connectivity index (χ3v) is 5.68. The zero-order valence-electron chi connectivity index (χ0n) is 10.2. The van der Waals surface area contributed by atoms with Gasteiger partial charge in [0.25, 0.3) is 0 Å². The van der Waals surface area contributed by atoms with Gasteiger partial charge in [-0.2, -0.15) is 0 Å². The second-order valence-corrected chi connectivity index (χ2v) is 7.45. The fourth-order valence-corrected chi connectivity index (χ4v) is 4.02. The van der Waals surface area contributed by atoms with Crippen molar-refractivity contribution in [1.82, 2.24) is 4.72 Å². The van der Waals surface area contributed by atoms with Gasteiger partial charge in [0, 0.05) is 16.7 Å². The quantitative estimate of drug-likeness (QED) is 0.813. The van der Waals surface area contributed by atoms with Crippen LogP contribution in [0.5, 0.6) is 0 Å². The summed E-state index contributed by atoms with van der Waals surface area (Å²) in [5.74, 6) is 1.07. The molecule has 18 heavy (non-hydrogen) atoms. The van der Waals surface area contributed by atoms with Gasteiger partial charge in [0.05, 0.1) is 4.90 Å². The number of halogens is 1. The van der Waals surface area contributed by atoms with E-state index in [1.54, 1.807) is 12.1 Å². The molecule has 0 radical (unpaired) electrons. The average molecular weight is 333 g/mol. The van der Waals surface area contributed by atoms with Crippen LogP contribution in [0.4, 0.5) is 5.69 Å². The average Bonchev–Trinajstić information content (AvgIpc) is 3.13. The molecule has 0 spiro atoms. The van der Waals surface area contributed by atoms with E-state index in [1.165, 1.54) is 18.9 Å². The third kappa shape index (κ3) is 3.24. The lowest BCUT2D eigenvalue weighted by Gasteiger charge is -2.13. The summed E-state index contributed by atoms with van der Waals surface area (Å²) in [4.78, 5) is 0.200. The number of nitrogens with two attached hydrogens (primary N) is 1. The van der Waals surface area contributed by atoms with Crippen molar-refractivity contribution in [2.75, 3.05) is 12.3 Å². The first-order valence-electron chi connectivity index (χ1n) is 5.95. The van der Waals surface area contributed by atoms with Gasteiger partial charge in [-0.3, -0.25) is 0 Å². The smallest absolute Gasteiger partial charge is 0.241 e. The van der Waals surface area contributed by atoms with Crippen molar-refractivity contribution in [3.8, 4) is 0 Å². The number of anilines is 1. The summed E-state index contributed by atoms with van der Waals surface area (Å²) in [6, 6.07) is 4.78. The first-order chi connectivity index (χ1) is 8.40. The van der Waals surface area contributed by atoms with Gasteiger partial charge in [0.15, 0.2) is 0 Å². The predicted molar refractivity (Wildman–Crippen MR) is 75.6 cm³/mol. The summed E-state index contributed by atoms with van der Waals surface area (Å²) in [6.45, 7) is 2.56. The molecule has 1 aromatic carbocycles. The Morgan fingerprint density at radius 3 is 2.78 bits per heavy atom. The van der Waals surface area contributed by atoms with E-state index in [2.05, 4.69) is 27.6 Å². The number of hydrogen-bond acceptors (Lipinski definition) is 3. The van der Waals surface area contributed by atoms with Crippen LogP contribution in [0.2, 0.25) is 0 Å². The van der Waals surface area contributed by atoms with Crippen molar-refractivity contribution < 1.29 is 8.42 Å². The third-order valence-electron chi connectivity index (χ3n) is 3.27. The van der Waals surface area contributed by atoms with Crippen LogP contribution in [-0.4, -0.2) is 15.0 Å². The van der Waals surface area contributed by atoms with Crippen molar-refractivity contribution >= 4 is 31.6 Å². The standard InChI is InChI=1S/C12H17BrN2O2S/c1-8(9-2-3-9)7-15-18(16,17)12-6-10(14)4-5-11(12)13/h4-6,8-9,15H,2-3,7,14H2,1H3. The van der Waals surface area contributed by atoms with Crippen molar-refractivity contribution in [3.63, 3.8) is 0 Å². The van der Waals surface area contributed by atoms with E-state index in [4.69, 9.17) is 5.73 Å². The molecule has 100 valence electrons. The monoisotopic (exact) mass is 332 g/mol. The summed E-state index contributed by atoms with van der Waals surface area (Å²) in [5, 5.41) is 0. The SMILES string of the molecule is CC(CNS(=O)(=O)c1cc(N)ccc1Br)C1CC1. The molecule has 3 N–H and O–H groups in total. The molecule has 0 aliphatic heterocycles. The Morgan fingerprint density at radius 2 is 2.17 bits per heavy atom. The normalized spacial score (nSPS) is 17.7. The highest BCUT2D eigenvalue weighted by Gasteiger charge is 2.29. The number of nitrogen functional groups attached to an aromatic ring is 1. The molecule has 1 atom stereocenters. The number of hydrogen-bond donors (Lipinski definition) is 2. The van der Waals surface area contributed by atoms with Gasteiger partial charge in [-0.15, -0.1) is 0 Å². The molecule has 6 heteroatoms. The van der Waals surface area contributed by atoms with Crippen LogP contribution in [0, 0.1) is 11.8 Å². The fourth-order valence-electron chi connectivity index (χ4n) is 1.88. The van der Waals surface area contributed by atoms with Crippen LogP contribution in [0.25, 0.3) is 0 Å². The Kier molecular flexibility index (Phi) is 3.99. The zero-order chi connectivity index (χ0) is 13.3. The minimum atomic E-state index is -3.49. The van der Waals surface area contributed by atoms with Gasteiger partial charge in [0.2, 0.25) is 10.0 Å². The van der Waals surface area contributed by atoms with Crippen molar-refractivity contribution in [2.45, 2.75) is 24.7 Å². The maximum Gasteiger partial charge on any atom is 0.241 e. The van der Waals surface area contributed by atoms with E-state index in [-0.39, 0.29) is 4.90 Å². The van der Waals surface area contributed by atoms with Gasteiger partial charge in [-0.1, -0.05) is 6.92 Å². The van der Waals surface area contributed by atoms with Gasteiger partial charge >= 0.3 is 0 Å². The van der Waals surface area contributed by atoms with E-state index in [0.29, 0.717) is 28.5 Å². The number of sulfonamides is 1. The molecular weight excluding hydrogens is 316 g/mol. The van der Waals surface area contributed by atoms with Crippen LogP contribution < -0.4 is 10.5 Å². The highest BCUT2D eigenvalue weighted by molar-refractivity contribution is 9.10. The molecule has 1 aliphatic rings. The maximum atomic E-state index is 12.2. The highest BCUT2D eigenvalue weighted by Crippen LogP contribution is 2.36. The van der Waals surface area contributed by atoms with Crippen LogP contribution in [0.15, 0.2) is 27.6 Å². The second-order valence-electron chi connectivity index (χ2n) is 4.86. The minimum absolute atomic E-state index is 0.200. The largest absolute Gasteiger partial charge is 0.399 e. The summed E-state index contributed by atoms with van der Waals surface area (Å²) in [5.41, 5.74) is 6.06. The molecular formula is C12H17BrN2O2S. The van der Waals surface area contributed by atoms with Crippen molar-refractivity contribution in [1.29, 1.82) is 0 Å². The Labute approximate surface area is 116 Å². The summed E-state index contributed by atoms with van der Waals surface area (Å²) in [6.07, 6.45) is 2.43. The summed E-state index contributed by atoms with van der Waals surface area (Å²) < 4.78 is 27.5. The van der Waals surface area contributed by atoms with Gasteiger partial charge in [0.1, 0.15) is 0 Å². The molecule has 1 saturated carbocycles. The van der Waals surface area contributed by atoms with Crippen LogP contribution >= 0.6 is 15.9 Å². The molecule has 1 aromatic rings. The molecule has 4 nitrogen and oxygen atoms in total. The highest BCUT2D eigenvalue weighted by atomic mass is 79.9. The topological polar surface area (TPSA) is 72.2 Å². The molecule has 2 rings (SSSR count). The molecule has 0 heterocycles. The molecule has 0 saturated heterocycles. The van der Waals surface area contributed by atoms with E-state index in [9.17, 15) is 8.42 Å². The summed E-state index contributed by atoms with van der Waals surface area (Å²) >= 11 is 3.24. The van der Waals surface area contributed by atoms with E-state index in [1.807, 2.05) is 0 Å². The molecule has 1 unspecified atom stereocenters. The second kappa shape index (κ2) is 5.19. The van der Waals surface area contributed by atoms with Gasteiger partial charge in [-0.05, 0) is 58.8 Å². The molecule has 0 bridgehead atoms. The van der Waals surface area contributed by atoms with Crippen LogP contribution in [0.1, 0.15) is 19.8 Å². The Hall–Kier alpha value is -0.590. The molecule has 0 aromatic heterocycles. The minimum Gasteiger partial charge on any atom is -0.399 e.